The molecule has 1 aromatic rings. The quantitative estimate of drug-likeness (QED) is 0.335. The van der Waals surface area contributed by atoms with Gasteiger partial charge in [-0.3, -0.25) is 14.4 Å². The number of hydrogen-bond acceptors (Lipinski definition) is 5. The zero-order chi connectivity index (χ0) is 23.1. The Hall–Kier alpha value is -3.42. The van der Waals surface area contributed by atoms with Gasteiger partial charge in [0.1, 0.15) is 6.61 Å². The summed E-state index contributed by atoms with van der Waals surface area (Å²) in [5, 5.41) is 5.54. The number of alkyl halides is 4. The Balaban J connectivity index is 2.18. The minimum absolute atomic E-state index is 0.147. The first-order chi connectivity index (χ1) is 14.6. The van der Waals surface area contributed by atoms with Crippen molar-refractivity contribution in [1.82, 2.24) is 10.6 Å². The van der Waals surface area contributed by atoms with Crippen LogP contribution in [-0.4, -0.2) is 62.5 Å². The highest BCUT2D eigenvalue weighted by Crippen LogP contribution is 2.32. The van der Waals surface area contributed by atoms with Gasteiger partial charge in [0.25, 0.3) is 24.7 Å². The van der Waals surface area contributed by atoms with E-state index >= 15 is 0 Å². The van der Waals surface area contributed by atoms with Crippen molar-refractivity contribution in [3.63, 3.8) is 0 Å². The standard InChI is InChI=1S/C17H19F4N5O5/c18-11(19)6-23-17(30)25-13(15(22)28)16(29)24-10-2-1-8(5-9(10)14(20)21)26-3-4-31-7-12(26)27/h1-2,5,11,13-14H,3-4,6-7H2,(H2,22,28)(H,24,29)(H2,23,25,30)/t13-/m0/s1. The van der Waals surface area contributed by atoms with Crippen LogP contribution in [0.15, 0.2) is 18.2 Å². The van der Waals surface area contributed by atoms with Gasteiger partial charge in [0.15, 0.2) is 6.04 Å². The summed E-state index contributed by atoms with van der Waals surface area (Å²) in [4.78, 5) is 48.5. The van der Waals surface area contributed by atoms with Crippen molar-refractivity contribution in [2.24, 2.45) is 5.73 Å². The molecule has 14 heteroatoms. The Bertz CT molecular complexity index is 854. The molecule has 1 atom stereocenters. The van der Waals surface area contributed by atoms with Crippen molar-refractivity contribution in [2.75, 3.05) is 36.5 Å². The third-order valence-corrected chi connectivity index (χ3v) is 4.06. The second-order valence-electron chi connectivity index (χ2n) is 6.24. The van der Waals surface area contributed by atoms with E-state index in [9.17, 15) is 36.7 Å². The first-order valence-electron chi connectivity index (χ1n) is 8.83. The molecule has 0 aliphatic carbocycles. The van der Waals surface area contributed by atoms with Gasteiger partial charge < -0.3 is 31.3 Å². The Morgan fingerprint density at radius 2 is 1.90 bits per heavy atom. The van der Waals surface area contributed by atoms with Crippen LogP contribution in [0.3, 0.4) is 0 Å². The first-order valence-corrected chi connectivity index (χ1v) is 8.83. The van der Waals surface area contributed by atoms with Gasteiger partial charge in [0.05, 0.1) is 13.2 Å². The van der Waals surface area contributed by atoms with Crippen LogP contribution in [0.5, 0.6) is 0 Å². The van der Waals surface area contributed by atoms with Crippen molar-refractivity contribution in [3.05, 3.63) is 23.8 Å². The molecule has 5 N–H and O–H groups in total. The predicted molar refractivity (Wildman–Crippen MR) is 98.7 cm³/mol. The number of primary amides is 1. The van der Waals surface area contributed by atoms with E-state index in [4.69, 9.17) is 10.5 Å². The summed E-state index contributed by atoms with van der Waals surface area (Å²) in [6.45, 7) is -0.888. The molecule has 0 aromatic heterocycles. The summed E-state index contributed by atoms with van der Waals surface area (Å²) >= 11 is 0. The molecule has 0 unspecified atom stereocenters. The molecular weight excluding hydrogens is 430 g/mol. The molecule has 0 bridgehead atoms. The van der Waals surface area contributed by atoms with Crippen molar-refractivity contribution >= 4 is 35.1 Å². The fourth-order valence-corrected chi connectivity index (χ4v) is 2.63. The highest BCUT2D eigenvalue weighted by atomic mass is 19.3. The van der Waals surface area contributed by atoms with Gasteiger partial charge in [0, 0.05) is 23.5 Å². The van der Waals surface area contributed by atoms with Crippen LogP contribution in [0.4, 0.5) is 33.7 Å². The summed E-state index contributed by atoms with van der Waals surface area (Å²) in [6.07, 6.45) is -5.95. The Morgan fingerprint density at radius 3 is 2.48 bits per heavy atom. The van der Waals surface area contributed by atoms with E-state index in [1.54, 1.807) is 10.6 Å². The van der Waals surface area contributed by atoms with Crippen LogP contribution in [0.2, 0.25) is 0 Å². The lowest BCUT2D eigenvalue weighted by molar-refractivity contribution is -0.128. The smallest absolute Gasteiger partial charge is 0.316 e. The molecule has 0 radical (unpaired) electrons. The van der Waals surface area contributed by atoms with Crippen molar-refractivity contribution in [2.45, 2.75) is 18.9 Å². The zero-order valence-corrected chi connectivity index (χ0v) is 15.9. The Labute approximate surface area is 173 Å². The van der Waals surface area contributed by atoms with Crippen molar-refractivity contribution in [3.8, 4) is 0 Å². The maximum atomic E-state index is 13.5. The maximum Gasteiger partial charge on any atom is 0.316 e. The molecule has 1 aliphatic heterocycles. The molecule has 1 aliphatic rings. The van der Waals surface area contributed by atoms with Crippen LogP contribution in [0.25, 0.3) is 0 Å². The van der Waals surface area contributed by atoms with Gasteiger partial charge in [-0.25, -0.2) is 22.4 Å². The highest BCUT2D eigenvalue weighted by molar-refractivity contribution is 6.11. The fraction of sp³-hybridized carbons (Fsp3) is 0.412. The van der Waals surface area contributed by atoms with Crippen LogP contribution in [-0.2, 0) is 19.1 Å². The second-order valence-corrected chi connectivity index (χ2v) is 6.24. The third-order valence-electron chi connectivity index (χ3n) is 4.06. The summed E-state index contributed by atoms with van der Waals surface area (Å²) in [6, 6.07) is 0.0724. The molecule has 1 aromatic carbocycles. The molecule has 31 heavy (non-hydrogen) atoms. The van der Waals surface area contributed by atoms with E-state index in [0.717, 1.165) is 12.1 Å². The van der Waals surface area contributed by atoms with Crippen LogP contribution in [0.1, 0.15) is 12.0 Å². The summed E-state index contributed by atoms with van der Waals surface area (Å²) in [5.74, 6) is -3.05. The number of hydrogen-bond donors (Lipinski definition) is 4. The number of ether oxygens (including phenoxy) is 1. The minimum Gasteiger partial charge on any atom is -0.370 e. The van der Waals surface area contributed by atoms with Gasteiger partial charge in [-0.15, -0.1) is 0 Å². The fourth-order valence-electron chi connectivity index (χ4n) is 2.63. The molecule has 10 nitrogen and oxygen atoms in total. The lowest BCUT2D eigenvalue weighted by Crippen LogP contribution is -2.54. The largest absolute Gasteiger partial charge is 0.370 e. The van der Waals surface area contributed by atoms with Gasteiger partial charge in [0.2, 0.25) is 5.91 Å². The normalized spacial score (nSPS) is 15.0. The van der Waals surface area contributed by atoms with Crippen LogP contribution >= 0.6 is 0 Å². The average Bonchev–Trinajstić information content (AvgIpc) is 2.70. The number of anilines is 2. The summed E-state index contributed by atoms with van der Waals surface area (Å²) < 4.78 is 56.3. The van der Waals surface area contributed by atoms with E-state index in [1.807, 2.05) is 5.32 Å². The van der Waals surface area contributed by atoms with Crippen LogP contribution in [0, 0.1) is 0 Å². The van der Waals surface area contributed by atoms with Crippen molar-refractivity contribution in [1.29, 1.82) is 0 Å². The number of benzene rings is 1. The predicted octanol–water partition coefficient (Wildman–Crippen LogP) is 0.344. The monoisotopic (exact) mass is 449 g/mol. The molecule has 5 amide bonds. The maximum absolute atomic E-state index is 13.5. The van der Waals surface area contributed by atoms with E-state index in [1.165, 1.54) is 11.0 Å². The number of halogens is 4. The molecular formula is C17H19F4N5O5. The second kappa shape index (κ2) is 10.6. The van der Waals surface area contributed by atoms with Crippen LogP contribution < -0.4 is 26.6 Å². The van der Waals surface area contributed by atoms with Gasteiger partial charge >= 0.3 is 6.03 Å². The van der Waals surface area contributed by atoms with E-state index in [0.29, 0.717) is 0 Å². The minimum atomic E-state index is -3.07. The van der Waals surface area contributed by atoms with E-state index in [-0.39, 0.29) is 25.4 Å². The highest BCUT2D eigenvalue weighted by Gasteiger charge is 2.29. The number of rotatable bonds is 8. The summed E-state index contributed by atoms with van der Waals surface area (Å²) in [7, 11) is 0. The van der Waals surface area contributed by atoms with Crippen molar-refractivity contribution < 1.29 is 41.5 Å². The number of carbonyl (C=O) groups is 4. The molecule has 1 heterocycles. The number of carbonyl (C=O) groups excluding carboxylic acids is 4. The van der Waals surface area contributed by atoms with E-state index in [2.05, 4.69) is 0 Å². The summed E-state index contributed by atoms with van der Waals surface area (Å²) in [5.41, 5.74) is 4.13. The number of nitrogens with zero attached hydrogens (tertiary/aromatic N) is 1. The first kappa shape index (κ1) is 23.9. The molecule has 2 rings (SSSR count). The lowest BCUT2D eigenvalue weighted by Gasteiger charge is -2.27. The topological polar surface area (TPSA) is 143 Å². The number of amides is 5. The number of morpholine rings is 1. The van der Waals surface area contributed by atoms with Gasteiger partial charge in [-0.2, -0.15) is 0 Å². The number of urea groups is 1. The van der Waals surface area contributed by atoms with E-state index < -0.39 is 60.4 Å². The molecule has 1 fully saturated rings. The molecule has 0 spiro atoms. The number of nitrogens with two attached hydrogens (primary N) is 1. The SMILES string of the molecule is NC(=O)[C@H](NC(=O)NCC(F)F)C(=O)Nc1ccc(N2CCOCC2=O)cc1C(F)F. The third kappa shape index (κ3) is 6.53. The zero-order valence-electron chi connectivity index (χ0n) is 15.9. The molecule has 170 valence electrons. The Kier molecular flexibility index (Phi) is 8.13. The molecule has 1 saturated heterocycles. The average molecular weight is 449 g/mol. The Morgan fingerprint density at radius 1 is 1.19 bits per heavy atom. The lowest BCUT2D eigenvalue weighted by atomic mass is 10.1. The van der Waals surface area contributed by atoms with Gasteiger partial charge in [-0.05, 0) is 18.2 Å². The molecule has 0 saturated carbocycles. The van der Waals surface area contributed by atoms with Gasteiger partial charge in [-0.1, -0.05) is 0 Å². The number of nitrogens with one attached hydrogen (secondary N) is 3.